The lowest BCUT2D eigenvalue weighted by atomic mass is 10.1. The van der Waals surface area contributed by atoms with Gasteiger partial charge >= 0.3 is 0 Å². The van der Waals surface area contributed by atoms with Crippen LogP contribution in [-0.4, -0.2) is 15.8 Å². The number of ether oxygens (including phenoxy) is 1. The molecule has 6 heteroatoms. The zero-order valence-corrected chi connectivity index (χ0v) is 10.3. The Morgan fingerprint density at radius 2 is 2.22 bits per heavy atom. The SMILES string of the molecule is CC(=O)c1cc(N)ccc1Oc1ncncc1Cl. The highest BCUT2D eigenvalue weighted by Gasteiger charge is 2.12. The summed E-state index contributed by atoms with van der Waals surface area (Å²) >= 11 is 5.88. The summed E-state index contributed by atoms with van der Waals surface area (Å²) in [6.45, 7) is 1.43. The number of nitrogens with two attached hydrogens (primary N) is 1. The van der Waals surface area contributed by atoms with Gasteiger partial charge in [0.25, 0.3) is 0 Å². The smallest absolute Gasteiger partial charge is 0.241 e. The van der Waals surface area contributed by atoms with Gasteiger partial charge in [-0.25, -0.2) is 9.97 Å². The van der Waals surface area contributed by atoms with Gasteiger partial charge in [-0.1, -0.05) is 11.6 Å². The number of nitrogens with zero attached hydrogens (tertiary/aromatic N) is 2. The van der Waals surface area contributed by atoms with E-state index >= 15 is 0 Å². The average Bonchev–Trinajstić information content (AvgIpc) is 2.34. The molecule has 2 aromatic rings. The fourth-order valence-electron chi connectivity index (χ4n) is 1.39. The molecule has 0 atom stereocenters. The van der Waals surface area contributed by atoms with Crippen LogP contribution in [0.4, 0.5) is 5.69 Å². The average molecular weight is 264 g/mol. The first-order chi connectivity index (χ1) is 8.58. The molecule has 0 unspecified atom stereocenters. The van der Waals surface area contributed by atoms with Crippen LogP contribution < -0.4 is 10.5 Å². The molecule has 1 heterocycles. The number of hydrogen-bond acceptors (Lipinski definition) is 5. The van der Waals surface area contributed by atoms with Crippen LogP contribution in [0.15, 0.2) is 30.7 Å². The normalized spacial score (nSPS) is 10.1. The molecule has 0 spiro atoms. The fraction of sp³-hybridized carbons (Fsp3) is 0.0833. The molecule has 0 saturated carbocycles. The second-order valence-electron chi connectivity index (χ2n) is 3.59. The van der Waals surface area contributed by atoms with E-state index in [9.17, 15) is 4.79 Å². The van der Waals surface area contributed by atoms with Crippen LogP contribution in [-0.2, 0) is 0 Å². The maximum Gasteiger partial charge on any atom is 0.241 e. The first kappa shape index (κ1) is 12.3. The summed E-state index contributed by atoms with van der Waals surface area (Å²) in [4.78, 5) is 19.1. The highest BCUT2D eigenvalue weighted by molar-refractivity contribution is 6.31. The first-order valence-corrected chi connectivity index (χ1v) is 5.49. The summed E-state index contributed by atoms with van der Waals surface area (Å²) < 4.78 is 5.50. The van der Waals surface area contributed by atoms with Crippen LogP contribution in [0.5, 0.6) is 11.6 Å². The van der Waals surface area contributed by atoms with Gasteiger partial charge in [-0.15, -0.1) is 0 Å². The molecule has 0 saturated heterocycles. The molecular weight excluding hydrogens is 254 g/mol. The van der Waals surface area contributed by atoms with Gasteiger partial charge in [-0.2, -0.15) is 0 Å². The van der Waals surface area contributed by atoms with E-state index in [1.54, 1.807) is 18.2 Å². The Kier molecular flexibility index (Phi) is 3.43. The van der Waals surface area contributed by atoms with Crippen LogP contribution >= 0.6 is 11.6 Å². The van der Waals surface area contributed by atoms with Crippen molar-refractivity contribution in [2.75, 3.05) is 5.73 Å². The number of benzene rings is 1. The van der Waals surface area contributed by atoms with E-state index in [4.69, 9.17) is 22.1 Å². The quantitative estimate of drug-likeness (QED) is 0.680. The number of hydrogen-bond donors (Lipinski definition) is 1. The molecule has 2 rings (SSSR count). The molecule has 0 fully saturated rings. The standard InChI is InChI=1S/C12H10ClN3O2/c1-7(17)9-4-8(14)2-3-11(9)18-12-10(13)5-15-6-16-12/h2-6H,14H2,1H3. The molecule has 0 aliphatic rings. The van der Waals surface area contributed by atoms with E-state index in [-0.39, 0.29) is 16.7 Å². The van der Waals surface area contributed by atoms with E-state index in [1.807, 2.05) is 0 Å². The number of rotatable bonds is 3. The number of carbonyl (C=O) groups excluding carboxylic acids is 1. The monoisotopic (exact) mass is 263 g/mol. The van der Waals surface area contributed by atoms with Crippen LogP contribution in [0.25, 0.3) is 0 Å². The molecule has 2 N–H and O–H groups in total. The Labute approximate surface area is 109 Å². The summed E-state index contributed by atoms with van der Waals surface area (Å²) in [5.41, 5.74) is 6.50. The van der Waals surface area contributed by atoms with Crippen LogP contribution in [0.1, 0.15) is 17.3 Å². The third-order valence-corrected chi connectivity index (χ3v) is 2.48. The highest BCUT2D eigenvalue weighted by Crippen LogP contribution is 2.29. The fourth-order valence-corrected chi connectivity index (χ4v) is 1.54. The van der Waals surface area contributed by atoms with Crippen molar-refractivity contribution in [2.24, 2.45) is 0 Å². The van der Waals surface area contributed by atoms with Gasteiger partial charge in [0.2, 0.25) is 5.88 Å². The van der Waals surface area contributed by atoms with Gasteiger partial charge < -0.3 is 10.5 Å². The lowest BCUT2D eigenvalue weighted by Gasteiger charge is -2.09. The Bertz CT molecular complexity index is 602. The number of anilines is 1. The van der Waals surface area contributed by atoms with Gasteiger partial charge in [0, 0.05) is 5.69 Å². The van der Waals surface area contributed by atoms with E-state index in [0.717, 1.165) is 0 Å². The van der Waals surface area contributed by atoms with Gasteiger partial charge in [-0.05, 0) is 25.1 Å². The lowest BCUT2D eigenvalue weighted by molar-refractivity contribution is 0.101. The topological polar surface area (TPSA) is 78.1 Å². The van der Waals surface area contributed by atoms with Crippen LogP contribution in [0.2, 0.25) is 5.02 Å². The van der Waals surface area contributed by atoms with Crippen molar-refractivity contribution >= 4 is 23.1 Å². The minimum atomic E-state index is -0.150. The molecule has 18 heavy (non-hydrogen) atoms. The summed E-state index contributed by atoms with van der Waals surface area (Å²) in [7, 11) is 0. The zero-order valence-electron chi connectivity index (χ0n) is 9.55. The van der Waals surface area contributed by atoms with Crippen molar-refractivity contribution in [3.8, 4) is 11.6 Å². The molecule has 92 valence electrons. The largest absolute Gasteiger partial charge is 0.437 e. The van der Waals surface area contributed by atoms with Crippen LogP contribution in [0.3, 0.4) is 0 Å². The van der Waals surface area contributed by atoms with Gasteiger partial charge in [0.1, 0.15) is 17.1 Å². The Balaban J connectivity index is 2.41. The lowest BCUT2D eigenvalue weighted by Crippen LogP contribution is -2.00. The summed E-state index contributed by atoms with van der Waals surface area (Å²) in [6, 6.07) is 4.79. The predicted molar refractivity (Wildman–Crippen MR) is 68.0 cm³/mol. The van der Waals surface area contributed by atoms with Crippen molar-refractivity contribution in [1.82, 2.24) is 9.97 Å². The molecular formula is C12H10ClN3O2. The van der Waals surface area contributed by atoms with Gasteiger partial charge in [0.05, 0.1) is 11.8 Å². The second-order valence-corrected chi connectivity index (χ2v) is 4.00. The number of Topliss-reactive ketones (excluding diaryl/α,β-unsaturated/α-hetero) is 1. The van der Waals surface area contributed by atoms with Crippen molar-refractivity contribution in [3.63, 3.8) is 0 Å². The number of ketones is 1. The van der Waals surface area contributed by atoms with Crippen molar-refractivity contribution < 1.29 is 9.53 Å². The Morgan fingerprint density at radius 3 is 2.89 bits per heavy atom. The minimum absolute atomic E-state index is 0.150. The molecule has 0 amide bonds. The van der Waals surface area contributed by atoms with Crippen molar-refractivity contribution in [1.29, 1.82) is 0 Å². The van der Waals surface area contributed by atoms with Gasteiger partial charge in [-0.3, -0.25) is 4.79 Å². The number of halogens is 1. The second kappa shape index (κ2) is 5.01. The highest BCUT2D eigenvalue weighted by atomic mass is 35.5. The third-order valence-electron chi connectivity index (χ3n) is 2.22. The number of aromatic nitrogens is 2. The van der Waals surface area contributed by atoms with E-state index in [2.05, 4.69) is 9.97 Å². The Morgan fingerprint density at radius 1 is 1.44 bits per heavy atom. The first-order valence-electron chi connectivity index (χ1n) is 5.11. The van der Waals surface area contributed by atoms with Gasteiger partial charge in [0.15, 0.2) is 5.78 Å². The molecule has 0 bridgehead atoms. The molecule has 1 aromatic carbocycles. The third kappa shape index (κ3) is 2.57. The molecule has 1 aromatic heterocycles. The van der Waals surface area contributed by atoms with Crippen molar-refractivity contribution in [3.05, 3.63) is 41.3 Å². The molecule has 5 nitrogen and oxygen atoms in total. The van der Waals surface area contributed by atoms with E-state index in [1.165, 1.54) is 19.4 Å². The maximum absolute atomic E-state index is 11.5. The van der Waals surface area contributed by atoms with Crippen LogP contribution in [0, 0.1) is 0 Å². The zero-order chi connectivity index (χ0) is 13.1. The Hall–Kier alpha value is -2.14. The van der Waals surface area contributed by atoms with E-state index < -0.39 is 0 Å². The molecule has 0 radical (unpaired) electrons. The molecule has 0 aliphatic heterocycles. The summed E-state index contributed by atoms with van der Waals surface area (Å²) in [6.07, 6.45) is 2.72. The minimum Gasteiger partial charge on any atom is -0.437 e. The summed E-state index contributed by atoms with van der Waals surface area (Å²) in [5, 5.41) is 0.267. The maximum atomic E-state index is 11.5. The summed E-state index contributed by atoms with van der Waals surface area (Å²) in [5.74, 6) is 0.402. The number of nitrogen functional groups attached to an aromatic ring is 1. The van der Waals surface area contributed by atoms with Crippen molar-refractivity contribution in [2.45, 2.75) is 6.92 Å². The number of carbonyl (C=O) groups is 1. The predicted octanol–water partition coefficient (Wildman–Crippen LogP) is 2.71. The molecule has 0 aliphatic carbocycles. The van der Waals surface area contributed by atoms with E-state index in [0.29, 0.717) is 17.0 Å².